The predicted octanol–water partition coefficient (Wildman–Crippen LogP) is 3.61. The molecule has 0 saturated heterocycles. The average Bonchev–Trinajstić information content (AvgIpc) is 3.26. The Morgan fingerprint density at radius 3 is 2.63 bits per heavy atom. The summed E-state index contributed by atoms with van der Waals surface area (Å²) in [6, 6.07) is 7.45. The maximum Gasteiger partial charge on any atom is 0.191 e. The number of halogens is 1. The van der Waals surface area contributed by atoms with Crippen LogP contribution in [-0.4, -0.2) is 38.4 Å². The highest BCUT2D eigenvalue weighted by Crippen LogP contribution is 2.33. The van der Waals surface area contributed by atoms with Crippen LogP contribution < -0.4 is 20.1 Å². The van der Waals surface area contributed by atoms with Crippen molar-refractivity contribution in [3.8, 4) is 11.5 Å². The Hall–Kier alpha value is -2.20. The van der Waals surface area contributed by atoms with Gasteiger partial charge < -0.3 is 29.6 Å². The fourth-order valence-corrected chi connectivity index (χ4v) is 2.94. The summed E-state index contributed by atoms with van der Waals surface area (Å²) in [5.41, 5.74) is 0.820. The first kappa shape index (κ1) is 25.8. The van der Waals surface area contributed by atoms with E-state index in [0.29, 0.717) is 42.7 Å². The van der Waals surface area contributed by atoms with Crippen LogP contribution in [0.4, 0.5) is 0 Å². The highest BCUT2D eigenvalue weighted by atomic mass is 127. The Morgan fingerprint density at radius 2 is 2.07 bits per heavy atom. The Labute approximate surface area is 195 Å². The minimum atomic E-state index is -1.15. The van der Waals surface area contributed by atoms with E-state index in [-0.39, 0.29) is 30.5 Å². The van der Waals surface area contributed by atoms with Crippen molar-refractivity contribution in [2.75, 3.05) is 27.3 Å². The van der Waals surface area contributed by atoms with Crippen LogP contribution in [0.15, 0.2) is 52.6 Å². The number of ether oxygens (including phenoxy) is 2. The fraction of sp³-hybridized carbons (Fsp3) is 0.409. The van der Waals surface area contributed by atoms with Crippen LogP contribution in [0, 0.1) is 0 Å². The number of furan rings is 1. The Kier molecular flexibility index (Phi) is 10.8. The number of allylic oxidation sites excluding steroid dienone is 1. The smallest absolute Gasteiger partial charge is 0.191 e. The standard InChI is InChI=1S/C22H31N3O4.HI/c1-6-9-17-12-16(13-18(27-4)20(17)28-5)14-24-21(23-7-2)25-15-22(3,26)19-10-8-11-29-19;/h6,8,10-13,26H,1,7,9,14-15H2,2-5H3,(H2,23,24,25);1H. The zero-order valence-electron chi connectivity index (χ0n) is 18.0. The van der Waals surface area contributed by atoms with E-state index in [1.165, 1.54) is 0 Å². The summed E-state index contributed by atoms with van der Waals surface area (Å²) in [5, 5.41) is 17.0. The molecule has 1 atom stereocenters. The molecule has 2 rings (SSSR count). The topological polar surface area (TPSA) is 88.3 Å². The van der Waals surface area contributed by atoms with Gasteiger partial charge in [0.2, 0.25) is 0 Å². The van der Waals surface area contributed by atoms with Crippen molar-refractivity contribution >= 4 is 29.9 Å². The first-order valence-electron chi connectivity index (χ1n) is 9.58. The van der Waals surface area contributed by atoms with E-state index in [9.17, 15) is 5.11 Å². The van der Waals surface area contributed by atoms with E-state index < -0.39 is 5.60 Å². The summed E-state index contributed by atoms with van der Waals surface area (Å²) < 4.78 is 16.3. The second-order valence-corrected chi connectivity index (χ2v) is 6.78. The first-order chi connectivity index (χ1) is 13.9. The van der Waals surface area contributed by atoms with Gasteiger partial charge in [0.05, 0.1) is 33.6 Å². The number of nitrogens with one attached hydrogen (secondary N) is 2. The lowest BCUT2D eigenvalue weighted by molar-refractivity contribution is 0.0386. The zero-order valence-corrected chi connectivity index (χ0v) is 20.4. The molecule has 8 heteroatoms. The zero-order chi connectivity index (χ0) is 21.3. The molecule has 0 spiro atoms. The molecule has 0 amide bonds. The normalized spacial score (nSPS) is 13.0. The fourth-order valence-electron chi connectivity index (χ4n) is 2.94. The summed E-state index contributed by atoms with van der Waals surface area (Å²) in [5.74, 6) is 2.46. The van der Waals surface area contributed by atoms with Crippen molar-refractivity contribution in [2.24, 2.45) is 4.99 Å². The van der Waals surface area contributed by atoms with Crippen LogP contribution in [0.3, 0.4) is 0 Å². The van der Waals surface area contributed by atoms with Crippen LogP contribution in [0.5, 0.6) is 11.5 Å². The lowest BCUT2D eigenvalue weighted by Gasteiger charge is -2.22. The number of aliphatic hydroxyl groups is 1. The molecular formula is C22H32IN3O4. The summed E-state index contributed by atoms with van der Waals surface area (Å²) in [7, 11) is 3.24. The number of guanidine groups is 1. The van der Waals surface area contributed by atoms with Gasteiger partial charge in [-0.25, -0.2) is 4.99 Å². The number of hydrogen-bond acceptors (Lipinski definition) is 5. The number of hydrogen-bond donors (Lipinski definition) is 3. The predicted molar refractivity (Wildman–Crippen MR) is 130 cm³/mol. The van der Waals surface area contributed by atoms with Gasteiger partial charge in [-0.15, -0.1) is 30.6 Å². The summed E-state index contributed by atoms with van der Waals surface area (Å²) in [6.45, 7) is 8.87. The molecule has 0 radical (unpaired) electrons. The Bertz CT molecular complexity index is 820. The molecule has 1 aromatic heterocycles. The highest BCUT2D eigenvalue weighted by Gasteiger charge is 2.26. The van der Waals surface area contributed by atoms with Gasteiger partial charge in [0.15, 0.2) is 17.5 Å². The van der Waals surface area contributed by atoms with Gasteiger partial charge in [0.25, 0.3) is 0 Å². The average molecular weight is 529 g/mol. The third-order valence-electron chi connectivity index (χ3n) is 4.40. The van der Waals surface area contributed by atoms with Crippen molar-refractivity contribution in [1.82, 2.24) is 10.6 Å². The molecule has 166 valence electrons. The molecule has 7 nitrogen and oxygen atoms in total. The van der Waals surface area contributed by atoms with Gasteiger partial charge in [-0.05, 0) is 50.1 Å². The molecule has 0 bridgehead atoms. The van der Waals surface area contributed by atoms with Crippen molar-refractivity contribution in [1.29, 1.82) is 0 Å². The Balaban J connectivity index is 0.00000450. The molecule has 0 aliphatic rings. The summed E-state index contributed by atoms with van der Waals surface area (Å²) in [6.07, 6.45) is 4.04. The van der Waals surface area contributed by atoms with Gasteiger partial charge in [-0.1, -0.05) is 6.08 Å². The van der Waals surface area contributed by atoms with Gasteiger partial charge in [0, 0.05) is 12.1 Å². The third kappa shape index (κ3) is 6.94. The van der Waals surface area contributed by atoms with E-state index in [1.54, 1.807) is 39.5 Å². The maximum absolute atomic E-state index is 10.6. The van der Waals surface area contributed by atoms with E-state index in [0.717, 1.165) is 11.1 Å². The van der Waals surface area contributed by atoms with Crippen LogP contribution in [0.25, 0.3) is 0 Å². The SMILES string of the molecule is C=CCc1cc(CN=C(NCC)NCC(C)(O)c2ccco2)cc(OC)c1OC.I. The van der Waals surface area contributed by atoms with Crippen molar-refractivity contribution in [2.45, 2.75) is 32.4 Å². The van der Waals surface area contributed by atoms with Crippen LogP contribution >= 0.6 is 24.0 Å². The molecule has 0 saturated carbocycles. The largest absolute Gasteiger partial charge is 0.493 e. The molecule has 3 N–H and O–H groups in total. The van der Waals surface area contributed by atoms with E-state index in [1.807, 2.05) is 25.1 Å². The van der Waals surface area contributed by atoms with Crippen molar-refractivity contribution in [3.05, 3.63) is 60.1 Å². The minimum Gasteiger partial charge on any atom is -0.493 e. The second kappa shape index (κ2) is 12.5. The number of methoxy groups -OCH3 is 2. The number of rotatable bonds is 10. The first-order valence-corrected chi connectivity index (χ1v) is 9.58. The molecule has 0 fully saturated rings. The van der Waals surface area contributed by atoms with E-state index in [2.05, 4.69) is 22.2 Å². The van der Waals surface area contributed by atoms with Gasteiger partial charge in [0.1, 0.15) is 11.4 Å². The maximum atomic E-state index is 10.6. The summed E-state index contributed by atoms with van der Waals surface area (Å²) >= 11 is 0. The lowest BCUT2D eigenvalue weighted by atomic mass is 10.0. The van der Waals surface area contributed by atoms with E-state index in [4.69, 9.17) is 13.9 Å². The van der Waals surface area contributed by atoms with Gasteiger partial charge in [-0.2, -0.15) is 0 Å². The van der Waals surface area contributed by atoms with Crippen LogP contribution in [0.2, 0.25) is 0 Å². The summed E-state index contributed by atoms with van der Waals surface area (Å²) in [4.78, 5) is 4.63. The molecule has 1 aromatic carbocycles. The monoisotopic (exact) mass is 529 g/mol. The number of aliphatic imine (C=N–C) groups is 1. The van der Waals surface area contributed by atoms with Crippen molar-refractivity contribution in [3.63, 3.8) is 0 Å². The molecule has 30 heavy (non-hydrogen) atoms. The Morgan fingerprint density at radius 1 is 1.30 bits per heavy atom. The second-order valence-electron chi connectivity index (χ2n) is 6.78. The molecule has 1 unspecified atom stereocenters. The highest BCUT2D eigenvalue weighted by molar-refractivity contribution is 14.0. The lowest BCUT2D eigenvalue weighted by Crippen LogP contribution is -2.44. The molecule has 0 aliphatic heterocycles. The quantitative estimate of drug-likeness (QED) is 0.189. The molecular weight excluding hydrogens is 497 g/mol. The van der Waals surface area contributed by atoms with Crippen molar-refractivity contribution < 1.29 is 19.0 Å². The van der Waals surface area contributed by atoms with E-state index >= 15 is 0 Å². The minimum absolute atomic E-state index is 0. The third-order valence-corrected chi connectivity index (χ3v) is 4.40. The van der Waals surface area contributed by atoms with Crippen LogP contribution in [-0.2, 0) is 18.6 Å². The van der Waals surface area contributed by atoms with Gasteiger partial charge in [-0.3, -0.25) is 0 Å². The van der Waals surface area contributed by atoms with Gasteiger partial charge >= 0.3 is 0 Å². The molecule has 0 aliphatic carbocycles. The number of benzene rings is 1. The number of nitrogens with zero attached hydrogens (tertiary/aromatic N) is 1. The molecule has 1 heterocycles. The van der Waals surface area contributed by atoms with Crippen LogP contribution in [0.1, 0.15) is 30.7 Å². The molecule has 2 aromatic rings.